The highest BCUT2D eigenvalue weighted by Gasteiger charge is 2.17. The number of aryl methyl sites for hydroxylation is 2. The standard InChI is InChI=1S/C25H32O4/c1-16(2)6-12-21-19(9-8-18-10-11-20(26)15-24(18)29-5)14-23(27)25(28)22(21)13-7-17(3)4/h6-7,10-11,14-15,26-28H,8-9,12-13H2,1-5H3. The van der Waals surface area contributed by atoms with E-state index >= 15 is 0 Å². The van der Waals surface area contributed by atoms with Crippen LogP contribution >= 0.6 is 0 Å². The highest BCUT2D eigenvalue weighted by molar-refractivity contribution is 5.55. The molecule has 0 aliphatic carbocycles. The summed E-state index contributed by atoms with van der Waals surface area (Å²) in [6.07, 6.45) is 6.85. The van der Waals surface area contributed by atoms with Crippen molar-refractivity contribution in [1.29, 1.82) is 0 Å². The molecule has 0 radical (unpaired) electrons. The minimum absolute atomic E-state index is 0.0365. The second-order valence-corrected chi connectivity index (χ2v) is 7.83. The zero-order valence-corrected chi connectivity index (χ0v) is 18.0. The van der Waals surface area contributed by atoms with Crippen molar-refractivity contribution in [2.24, 2.45) is 0 Å². The topological polar surface area (TPSA) is 69.9 Å². The maximum absolute atomic E-state index is 10.5. The summed E-state index contributed by atoms with van der Waals surface area (Å²) in [5.74, 6) is 0.686. The van der Waals surface area contributed by atoms with Gasteiger partial charge < -0.3 is 20.1 Å². The summed E-state index contributed by atoms with van der Waals surface area (Å²) in [4.78, 5) is 0. The molecule has 0 fully saturated rings. The Bertz CT molecular complexity index is 915. The molecule has 2 rings (SSSR count). The van der Waals surface area contributed by atoms with Gasteiger partial charge in [0.1, 0.15) is 11.5 Å². The fourth-order valence-electron chi connectivity index (χ4n) is 3.33. The number of rotatable bonds is 8. The van der Waals surface area contributed by atoms with Gasteiger partial charge in [-0.1, -0.05) is 29.4 Å². The van der Waals surface area contributed by atoms with Crippen molar-refractivity contribution >= 4 is 0 Å². The molecule has 4 nitrogen and oxygen atoms in total. The molecule has 0 saturated heterocycles. The molecule has 0 atom stereocenters. The number of benzene rings is 2. The third kappa shape index (κ3) is 6.05. The third-order valence-corrected chi connectivity index (χ3v) is 4.95. The molecule has 156 valence electrons. The van der Waals surface area contributed by atoms with Gasteiger partial charge in [-0.05, 0) is 82.2 Å². The van der Waals surface area contributed by atoms with Crippen LogP contribution in [-0.4, -0.2) is 22.4 Å². The van der Waals surface area contributed by atoms with E-state index < -0.39 is 0 Å². The monoisotopic (exact) mass is 396 g/mol. The van der Waals surface area contributed by atoms with E-state index in [0.717, 1.165) is 27.8 Å². The first kappa shape index (κ1) is 22.4. The summed E-state index contributed by atoms with van der Waals surface area (Å²) in [5.41, 5.74) is 6.18. The van der Waals surface area contributed by atoms with Crippen molar-refractivity contribution in [1.82, 2.24) is 0 Å². The predicted molar refractivity (Wildman–Crippen MR) is 118 cm³/mol. The first-order valence-corrected chi connectivity index (χ1v) is 9.91. The van der Waals surface area contributed by atoms with Gasteiger partial charge in [-0.3, -0.25) is 0 Å². The number of allylic oxidation sites excluding steroid dienone is 4. The molecular formula is C25H32O4. The van der Waals surface area contributed by atoms with E-state index in [0.29, 0.717) is 31.4 Å². The Morgan fingerprint density at radius 3 is 2.00 bits per heavy atom. The van der Waals surface area contributed by atoms with Gasteiger partial charge in [0.25, 0.3) is 0 Å². The van der Waals surface area contributed by atoms with Gasteiger partial charge in [-0.15, -0.1) is 0 Å². The lowest BCUT2D eigenvalue weighted by atomic mass is 9.90. The molecule has 0 bridgehead atoms. The average molecular weight is 397 g/mol. The molecule has 0 aliphatic rings. The zero-order valence-electron chi connectivity index (χ0n) is 18.0. The van der Waals surface area contributed by atoms with Crippen LogP contribution in [-0.2, 0) is 25.7 Å². The van der Waals surface area contributed by atoms with Crippen molar-refractivity contribution in [3.8, 4) is 23.0 Å². The minimum atomic E-state index is -0.0872. The lowest BCUT2D eigenvalue weighted by Gasteiger charge is -2.17. The number of phenolic OH excluding ortho intramolecular Hbond substituents is 3. The van der Waals surface area contributed by atoms with Crippen LogP contribution in [0, 0.1) is 0 Å². The average Bonchev–Trinajstić information content (AvgIpc) is 2.66. The van der Waals surface area contributed by atoms with Crippen molar-refractivity contribution in [3.63, 3.8) is 0 Å². The number of phenols is 3. The van der Waals surface area contributed by atoms with Crippen LogP contribution in [0.3, 0.4) is 0 Å². The summed E-state index contributed by atoms with van der Waals surface area (Å²) in [6.45, 7) is 8.15. The Morgan fingerprint density at radius 2 is 1.41 bits per heavy atom. The Morgan fingerprint density at radius 1 is 0.828 bits per heavy atom. The van der Waals surface area contributed by atoms with Crippen LogP contribution in [0.4, 0.5) is 0 Å². The molecule has 2 aromatic carbocycles. The summed E-state index contributed by atoms with van der Waals surface area (Å²) in [5, 5.41) is 30.5. The molecule has 0 heterocycles. The molecule has 0 amide bonds. The van der Waals surface area contributed by atoms with Gasteiger partial charge in [0, 0.05) is 11.6 Å². The molecule has 0 spiro atoms. The smallest absolute Gasteiger partial charge is 0.161 e. The number of ether oxygens (including phenoxy) is 1. The van der Waals surface area contributed by atoms with Gasteiger partial charge in [0.2, 0.25) is 0 Å². The third-order valence-electron chi connectivity index (χ3n) is 4.95. The second kappa shape index (κ2) is 10.1. The summed E-state index contributed by atoms with van der Waals surface area (Å²) >= 11 is 0. The second-order valence-electron chi connectivity index (χ2n) is 7.83. The normalized spacial score (nSPS) is 10.5. The van der Waals surface area contributed by atoms with Gasteiger partial charge >= 0.3 is 0 Å². The molecule has 4 heteroatoms. The van der Waals surface area contributed by atoms with Crippen molar-refractivity contribution in [2.75, 3.05) is 7.11 Å². The van der Waals surface area contributed by atoms with Crippen LogP contribution in [0.25, 0.3) is 0 Å². The first-order valence-electron chi connectivity index (χ1n) is 9.91. The molecule has 3 N–H and O–H groups in total. The SMILES string of the molecule is COc1cc(O)ccc1CCc1cc(O)c(O)c(CC=C(C)C)c1CC=C(C)C. The van der Waals surface area contributed by atoms with E-state index in [1.165, 1.54) is 5.57 Å². The van der Waals surface area contributed by atoms with Crippen LogP contribution in [0.5, 0.6) is 23.0 Å². The maximum atomic E-state index is 10.5. The van der Waals surface area contributed by atoms with Crippen LogP contribution in [0.15, 0.2) is 47.6 Å². The Labute approximate surface area is 173 Å². The van der Waals surface area contributed by atoms with E-state index in [1.807, 2.05) is 19.9 Å². The maximum Gasteiger partial charge on any atom is 0.161 e. The molecule has 0 saturated carbocycles. The van der Waals surface area contributed by atoms with Crippen molar-refractivity contribution in [3.05, 3.63) is 69.8 Å². The van der Waals surface area contributed by atoms with E-state index in [9.17, 15) is 15.3 Å². The lowest BCUT2D eigenvalue weighted by molar-refractivity contribution is 0.398. The molecular weight excluding hydrogens is 364 g/mol. The molecule has 2 aromatic rings. The van der Waals surface area contributed by atoms with E-state index in [1.54, 1.807) is 25.3 Å². The van der Waals surface area contributed by atoms with E-state index in [-0.39, 0.29) is 17.2 Å². The molecule has 0 aliphatic heterocycles. The Kier molecular flexibility index (Phi) is 7.77. The molecule has 0 unspecified atom stereocenters. The van der Waals surface area contributed by atoms with E-state index in [2.05, 4.69) is 26.0 Å². The highest BCUT2D eigenvalue weighted by Crippen LogP contribution is 2.36. The first-order chi connectivity index (χ1) is 13.7. The fraction of sp³-hybridized carbons (Fsp3) is 0.360. The Hall–Kier alpha value is -2.88. The number of hydrogen-bond acceptors (Lipinski definition) is 4. The lowest BCUT2D eigenvalue weighted by Crippen LogP contribution is -2.03. The minimum Gasteiger partial charge on any atom is -0.508 e. The Balaban J connectivity index is 2.46. The number of methoxy groups -OCH3 is 1. The van der Waals surface area contributed by atoms with Crippen molar-refractivity contribution < 1.29 is 20.1 Å². The largest absolute Gasteiger partial charge is 0.508 e. The van der Waals surface area contributed by atoms with Gasteiger partial charge in [-0.2, -0.15) is 0 Å². The highest BCUT2D eigenvalue weighted by atomic mass is 16.5. The van der Waals surface area contributed by atoms with Gasteiger partial charge in [-0.25, -0.2) is 0 Å². The zero-order chi connectivity index (χ0) is 21.6. The summed E-state index contributed by atoms with van der Waals surface area (Å²) < 4.78 is 5.39. The molecule has 0 aromatic heterocycles. The summed E-state index contributed by atoms with van der Waals surface area (Å²) in [6, 6.07) is 6.78. The molecule has 29 heavy (non-hydrogen) atoms. The fourth-order valence-corrected chi connectivity index (χ4v) is 3.33. The van der Waals surface area contributed by atoms with Crippen LogP contribution in [0.1, 0.15) is 49.9 Å². The number of aromatic hydroxyl groups is 3. The van der Waals surface area contributed by atoms with Gasteiger partial charge in [0.05, 0.1) is 7.11 Å². The van der Waals surface area contributed by atoms with Gasteiger partial charge in [0.15, 0.2) is 11.5 Å². The van der Waals surface area contributed by atoms with Crippen molar-refractivity contribution in [2.45, 2.75) is 53.4 Å². The van der Waals surface area contributed by atoms with E-state index in [4.69, 9.17) is 4.74 Å². The quantitative estimate of drug-likeness (QED) is 0.400. The number of hydrogen-bond donors (Lipinski definition) is 3. The van der Waals surface area contributed by atoms with Crippen LogP contribution < -0.4 is 4.74 Å². The summed E-state index contributed by atoms with van der Waals surface area (Å²) in [7, 11) is 1.59. The predicted octanol–water partition coefficient (Wildman–Crippen LogP) is 5.61. The van der Waals surface area contributed by atoms with Crippen LogP contribution in [0.2, 0.25) is 0 Å².